The maximum Gasteiger partial charge on any atom is 0.191 e. The Balaban J connectivity index is 1.65. The van der Waals surface area contributed by atoms with Gasteiger partial charge in [-0.15, -0.1) is 11.8 Å². The summed E-state index contributed by atoms with van der Waals surface area (Å²) in [6.45, 7) is 4.94. The predicted molar refractivity (Wildman–Crippen MR) is 83.9 cm³/mol. The quantitative estimate of drug-likeness (QED) is 0.348. The molecule has 0 spiro atoms. The average molecular weight is 277 g/mol. The van der Waals surface area contributed by atoms with Crippen LogP contribution in [0.4, 0.5) is 0 Å². The van der Waals surface area contributed by atoms with Gasteiger partial charge in [-0.05, 0) is 37.8 Å². The molecule has 0 aromatic heterocycles. The fourth-order valence-corrected chi connectivity index (χ4v) is 2.51. The highest BCUT2D eigenvalue weighted by Crippen LogP contribution is 2.28. The maximum atomic E-state index is 4.61. The molecule has 2 rings (SSSR count). The summed E-state index contributed by atoms with van der Waals surface area (Å²) >= 11 is 1.87. The molecule has 3 nitrogen and oxygen atoms in total. The van der Waals surface area contributed by atoms with Gasteiger partial charge in [-0.1, -0.05) is 18.2 Å². The van der Waals surface area contributed by atoms with Crippen LogP contribution in [0.5, 0.6) is 0 Å². The normalized spacial score (nSPS) is 15.3. The lowest BCUT2D eigenvalue weighted by Crippen LogP contribution is -2.38. The monoisotopic (exact) mass is 277 g/mol. The lowest BCUT2D eigenvalue weighted by molar-refractivity contribution is 0.799. The van der Waals surface area contributed by atoms with Gasteiger partial charge in [0, 0.05) is 30.3 Å². The number of hydrogen-bond donors (Lipinski definition) is 2. The van der Waals surface area contributed by atoms with E-state index < -0.39 is 0 Å². The number of hydrogen-bond acceptors (Lipinski definition) is 2. The Morgan fingerprint density at radius 2 is 2.05 bits per heavy atom. The second kappa shape index (κ2) is 8.10. The molecule has 0 heterocycles. The van der Waals surface area contributed by atoms with Crippen molar-refractivity contribution in [3.8, 4) is 0 Å². The van der Waals surface area contributed by atoms with E-state index in [9.17, 15) is 0 Å². The van der Waals surface area contributed by atoms with Crippen molar-refractivity contribution >= 4 is 17.7 Å². The van der Waals surface area contributed by atoms with Crippen LogP contribution in [0, 0.1) is 5.92 Å². The Bertz CT molecular complexity index is 388. The summed E-state index contributed by atoms with van der Waals surface area (Å²) in [6, 6.07) is 10.5. The van der Waals surface area contributed by atoms with Crippen molar-refractivity contribution in [2.75, 3.05) is 25.4 Å². The second-order valence-electron chi connectivity index (χ2n) is 4.75. The molecular formula is C15H23N3S. The third-order valence-electron chi connectivity index (χ3n) is 2.96. The zero-order chi connectivity index (χ0) is 13.3. The molecular weight excluding hydrogens is 254 g/mol. The fourth-order valence-electron chi connectivity index (χ4n) is 1.72. The second-order valence-corrected chi connectivity index (χ2v) is 5.92. The van der Waals surface area contributed by atoms with E-state index in [4.69, 9.17) is 0 Å². The highest BCUT2D eigenvalue weighted by Gasteiger charge is 2.20. The van der Waals surface area contributed by atoms with E-state index in [0.29, 0.717) is 0 Å². The molecule has 4 heteroatoms. The Labute approximate surface area is 120 Å². The van der Waals surface area contributed by atoms with Crippen LogP contribution < -0.4 is 10.6 Å². The first-order valence-corrected chi connectivity index (χ1v) is 8.07. The van der Waals surface area contributed by atoms with Gasteiger partial charge < -0.3 is 10.6 Å². The van der Waals surface area contributed by atoms with Crippen LogP contribution in [0.1, 0.15) is 19.8 Å². The maximum absolute atomic E-state index is 4.61. The summed E-state index contributed by atoms with van der Waals surface area (Å²) in [4.78, 5) is 5.93. The number of nitrogens with one attached hydrogen (secondary N) is 2. The number of thioether (sulfide) groups is 1. The molecule has 0 amide bonds. The van der Waals surface area contributed by atoms with E-state index in [1.165, 1.54) is 17.7 Å². The molecule has 2 N–H and O–H groups in total. The summed E-state index contributed by atoms with van der Waals surface area (Å²) in [7, 11) is 0. The summed E-state index contributed by atoms with van der Waals surface area (Å²) in [5.74, 6) is 2.86. The van der Waals surface area contributed by atoms with Crippen molar-refractivity contribution < 1.29 is 0 Å². The Morgan fingerprint density at radius 1 is 1.26 bits per heavy atom. The minimum atomic E-state index is 0.842. The van der Waals surface area contributed by atoms with Crippen molar-refractivity contribution in [1.82, 2.24) is 10.6 Å². The summed E-state index contributed by atoms with van der Waals surface area (Å²) in [5, 5.41) is 6.69. The van der Waals surface area contributed by atoms with Crippen LogP contribution in [-0.2, 0) is 0 Å². The lowest BCUT2D eigenvalue weighted by Gasteiger charge is -2.10. The van der Waals surface area contributed by atoms with Gasteiger partial charge in [-0.25, -0.2) is 0 Å². The number of aliphatic imine (C=N–C) groups is 1. The number of benzene rings is 1. The molecule has 1 fully saturated rings. The minimum absolute atomic E-state index is 0.842. The van der Waals surface area contributed by atoms with Gasteiger partial charge in [0.25, 0.3) is 0 Å². The summed E-state index contributed by atoms with van der Waals surface area (Å²) in [6.07, 6.45) is 2.71. The van der Waals surface area contributed by atoms with E-state index in [1.807, 2.05) is 11.8 Å². The van der Waals surface area contributed by atoms with E-state index in [-0.39, 0.29) is 0 Å². The van der Waals surface area contributed by atoms with E-state index in [0.717, 1.165) is 37.3 Å². The molecule has 0 unspecified atom stereocenters. The van der Waals surface area contributed by atoms with Crippen molar-refractivity contribution in [2.45, 2.75) is 24.7 Å². The molecule has 1 aromatic carbocycles. The predicted octanol–water partition coefficient (Wildman–Crippen LogP) is 2.74. The van der Waals surface area contributed by atoms with Gasteiger partial charge in [0.05, 0.1) is 0 Å². The van der Waals surface area contributed by atoms with Crippen molar-refractivity contribution in [2.24, 2.45) is 10.9 Å². The van der Waals surface area contributed by atoms with Gasteiger partial charge >= 0.3 is 0 Å². The molecule has 104 valence electrons. The van der Waals surface area contributed by atoms with Crippen LogP contribution in [0.15, 0.2) is 40.2 Å². The first-order chi connectivity index (χ1) is 9.38. The van der Waals surface area contributed by atoms with Gasteiger partial charge in [-0.3, -0.25) is 4.99 Å². The van der Waals surface area contributed by atoms with E-state index >= 15 is 0 Å². The van der Waals surface area contributed by atoms with Gasteiger partial charge in [-0.2, -0.15) is 0 Å². The zero-order valence-corrected chi connectivity index (χ0v) is 12.4. The topological polar surface area (TPSA) is 36.4 Å². The lowest BCUT2D eigenvalue weighted by atomic mass is 10.4. The van der Waals surface area contributed by atoms with Crippen LogP contribution in [-0.4, -0.2) is 31.3 Å². The van der Waals surface area contributed by atoms with Crippen LogP contribution in [0.2, 0.25) is 0 Å². The highest BCUT2D eigenvalue weighted by atomic mass is 32.2. The molecule has 0 aliphatic heterocycles. The Kier molecular flexibility index (Phi) is 6.08. The average Bonchev–Trinajstić information content (AvgIpc) is 3.26. The molecule has 1 saturated carbocycles. The smallest absolute Gasteiger partial charge is 0.191 e. The van der Waals surface area contributed by atoms with Gasteiger partial charge in [0.1, 0.15) is 0 Å². The van der Waals surface area contributed by atoms with Gasteiger partial charge in [0.15, 0.2) is 5.96 Å². The van der Waals surface area contributed by atoms with Crippen LogP contribution in [0.3, 0.4) is 0 Å². The molecule has 19 heavy (non-hydrogen) atoms. The van der Waals surface area contributed by atoms with Crippen LogP contribution in [0.25, 0.3) is 0 Å². The van der Waals surface area contributed by atoms with E-state index in [1.54, 1.807) is 0 Å². The first-order valence-electron chi connectivity index (χ1n) is 7.08. The molecule has 0 radical (unpaired) electrons. The Hall–Kier alpha value is -1.16. The number of rotatable bonds is 7. The molecule has 0 atom stereocenters. The summed E-state index contributed by atoms with van der Waals surface area (Å²) < 4.78 is 0. The molecule has 1 aliphatic carbocycles. The van der Waals surface area contributed by atoms with Crippen molar-refractivity contribution in [3.05, 3.63) is 30.3 Å². The molecule has 1 aliphatic rings. The first kappa shape index (κ1) is 14.3. The largest absolute Gasteiger partial charge is 0.357 e. The third kappa shape index (κ3) is 6.01. The standard InChI is InChI=1S/C15H23N3S/c1-2-16-15(18-12-13-8-9-13)17-10-11-19-14-6-4-3-5-7-14/h3-7,13H,2,8-12H2,1H3,(H2,16,17,18). The third-order valence-corrected chi connectivity index (χ3v) is 3.97. The number of nitrogens with zero attached hydrogens (tertiary/aromatic N) is 1. The SMILES string of the molecule is CCNC(=NCC1CC1)NCCSc1ccccc1. The van der Waals surface area contributed by atoms with Gasteiger partial charge in [0.2, 0.25) is 0 Å². The Morgan fingerprint density at radius 3 is 2.74 bits per heavy atom. The fraction of sp³-hybridized carbons (Fsp3) is 0.533. The minimum Gasteiger partial charge on any atom is -0.357 e. The zero-order valence-electron chi connectivity index (χ0n) is 11.6. The molecule has 0 bridgehead atoms. The molecule has 0 saturated heterocycles. The highest BCUT2D eigenvalue weighted by molar-refractivity contribution is 7.99. The molecule has 1 aromatic rings. The number of guanidine groups is 1. The van der Waals surface area contributed by atoms with Crippen molar-refractivity contribution in [3.63, 3.8) is 0 Å². The van der Waals surface area contributed by atoms with Crippen LogP contribution >= 0.6 is 11.8 Å². The summed E-state index contributed by atoms with van der Waals surface area (Å²) in [5.41, 5.74) is 0. The van der Waals surface area contributed by atoms with E-state index in [2.05, 4.69) is 52.9 Å². The van der Waals surface area contributed by atoms with Crippen molar-refractivity contribution in [1.29, 1.82) is 0 Å².